The maximum absolute atomic E-state index is 11.3. The van der Waals surface area contributed by atoms with Gasteiger partial charge in [0, 0.05) is 34.9 Å². The second-order valence-corrected chi connectivity index (χ2v) is 13.1. The summed E-state index contributed by atoms with van der Waals surface area (Å²) in [5.74, 6) is -0.178. The van der Waals surface area contributed by atoms with E-state index >= 15 is 0 Å². The van der Waals surface area contributed by atoms with Crippen LogP contribution < -0.4 is 15.0 Å². The van der Waals surface area contributed by atoms with Crippen LogP contribution in [0.15, 0.2) is 82.6 Å². The second kappa shape index (κ2) is 16.9. The first-order valence-electron chi connectivity index (χ1n) is 16.6. The minimum Gasteiger partial charge on any atom is -0.492 e. The monoisotopic (exact) mass is 616 g/mol. The molecule has 3 aliphatic rings. The van der Waals surface area contributed by atoms with Gasteiger partial charge in [-0.15, -0.1) is 0 Å². The van der Waals surface area contributed by atoms with Gasteiger partial charge in [0.05, 0.1) is 17.9 Å². The normalized spacial score (nSPS) is 17.5. The summed E-state index contributed by atoms with van der Waals surface area (Å²) in [6.45, 7) is 3.43. The number of aliphatic carboxylic acids is 1. The van der Waals surface area contributed by atoms with Crippen molar-refractivity contribution in [1.82, 2.24) is 5.32 Å². The molecule has 0 amide bonds. The van der Waals surface area contributed by atoms with Crippen LogP contribution in [0.1, 0.15) is 76.7 Å². The van der Waals surface area contributed by atoms with Gasteiger partial charge in [-0.25, -0.2) is 4.79 Å². The highest BCUT2D eigenvalue weighted by Crippen LogP contribution is 2.47. The number of nitrogens with one attached hydrogen (secondary N) is 1. The largest absolute Gasteiger partial charge is 0.492 e. The SMILES string of the molecule is C1CCC(NC2CCCCC2)CC1.CCOC(Cc1ccc(OCCN2c3ccccc3Sc3ccccc32)cc1)C(=O)O. The van der Waals surface area contributed by atoms with Crippen molar-refractivity contribution in [3.8, 4) is 5.75 Å². The van der Waals surface area contributed by atoms with Gasteiger partial charge in [0.25, 0.3) is 0 Å². The Balaban J connectivity index is 0.000000245. The van der Waals surface area contributed by atoms with Crippen LogP contribution in [0.25, 0.3) is 0 Å². The standard InChI is InChI=1S/C25H25NO4S.C12H23N/c1-2-29-22(25(27)28)17-18-11-13-19(14-12-18)30-16-15-26-20-7-3-5-9-23(20)31-24-10-6-4-8-21(24)26;1-3-7-11(8-4-1)13-12-9-5-2-6-10-12/h3-14,22H,2,15-17H2,1H3,(H,27,28);11-13H,1-10H2. The fourth-order valence-electron chi connectivity index (χ4n) is 6.50. The lowest BCUT2D eigenvalue weighted by atomic mass is 9.91. The molecule has 2 aliphatic carbocycles. The number of para-hydroxylation sites is 2. The lowest BCUT2D eigenvalue weighted by Crippen LogP contribution is -2.40. The molecule has 3 aromatic rings. The van der Waals surface area contributed by atoms with E-state index in [9.17, 15) is 9.90 Å². The Kier molecular flexibility index (Phi) is 12.4. The van der Waals surface area contributed by atoms with E-state index in [0.29, 0.717) is 19.6 Å². The Hall–Kier alpha value is -3.00. The fraction of sp³-hybridized carbons (Fsp3) is 0.486. The first-order valence-corrected chi connectivity index (χ1v) is 17.4. The number of hydrogen-bond donors (Lipinski definition) is 2. The fourth-order valence-corrected chi connectivity index (χ4v) is 7.60. The first kappa shape index (κ1) is 32.4. The molecule has 6 nitrogen and oxygen atoms in total. The molecule has 6 rings (SSSR count). The van der Waals surface area contributed by atoms with Crippen LogP contribution >= 0.6 is 11.8 Å². The highest BCUT2D eigenvalue weighted by molar-refractivity contribution is 7.99. The van der Waals surface area contributed by atoms with Crippen LogP contribution in [0.3, 0.4) is 0 Å². The van der Waals surface area contributed by atoms with Crippen molar-refractivity contribution in [2.75, 3.05) is 24.7 Å². The average molecular weight is 617 g/mol. The molecule has 3 aromatic carbocycles. The molecule has 1 unspecified atom stereocenters. The Bertz CT molecular complexity index is 1240. The zero-order chi connectivity index (χ0) is 30.6. The lowest BCUT2D eigenvalue weighted by molar-refractivity contribution is -0.149. The molecule has 2 saturated carbocycles. The molecule has 1 aliphatic heterocycles. The molecular formula is C37H48N2O4S. The molecule has 236 valence electrons. The average Bonchev–Trinajstić information content (AvgIpc) is 3.06. The van der Waals surface area contributed by atoms with Crippen molar-refractivity contribution in [2.45, 2.75) is 106 Å². The van der Waals surface area contributed by atoms with E-state index in [4.69, 9.17) is 9.47 Å². The van der Waals surface area contributed by atoms with E-state index in [1.54, 1.807) is 18.7 Å². The van der Waals surface area contributed by atoms with Crippen molar-refractivity contribution in [3.05, 3.63) is 78.4 Å². The Morgan fingerprint density at radius 2 is 1.39 bits per heavy atom. The van der Waals surface area contributed by atoms with E-state index in [2.05, 4.69) is 58.7 Å². The van der Waals surface area contributed by atoms with Gasteiger partial charge in [0.15, 0.2) is 6.10 Å². The molecule has 44 heavy (non-hydrogen) atoms. The molecule has 1 atom stereocenters. The van der Waals surface area contributed by atoms with Crippen LogP contribution in [-0.4, -0.2) is 49.0 Å². The number of carboxylic acids is 1. The van der Waals surface area contributed by atoms with Gasteiger partial charge in [-0.1, -0.05) is 86.7 Å². The number of benzene rings is 3. The third-order valence-corrected chi connectivity index (χ3v) is 9.92. The molecule has 7 heteroatoms. The van der Waals surface area contributed by atoms with E-state index in [1.807, 2.05) is 24.3 Å². The van der Waals surface area contributed by atoms with Gasteiger partial charge < -0.3 is 24.8 Å². The molecule has 2 fully saturated rings. The molecule has 0 saturated heterocycles. The predicted molar refractivity (Wildman–Crippen MR) is 180 cm³/mol. The van der Waals surface area contributed by atoms with Gasteiger partial charge in [-0.05, 0) is 74.6 Å². The Morgan fingerprint density at radius 1 is 0.841 bits per heavy atom. The summed E-state index contributed by atoms with van der Waals surface area (Å²) in [4.78, 5) is 16.1. The number of hydrogen-bond acceptors (Lipinski definition) is 6. The van der Waals surface area contributed by atoms with E-state index in [-0.39, 0.29) is 0 Å². The van der Waals surface area contributed by atoms with E-state index in [0.717, 1.165) is 29.9 Å². The summed E-state index contributed by atoms with van der Waals surface area (Å²) >= 11 is 1.79. The molecule has 0 radical (unpaired) electrons. The van der Waals surface area contributed by atoms with Crippen molar-refractivity contribution < 1.29 is 19.4 Å². The highest BCUT2D eigenvalue weighted by Gasteiger charge is 2.23. The maximum atomic E-state index is 11.3. The molecule has 0 aromatic heterocycles. The number of nitrogens with zero attached hydrogens (tertiary/aromatic N) is 1. The summed E-state index contributed by atoms with van der Waals surface area (Å²) in [6, 6.07) is 26.1. The number of anilines is 2. The zero-order valence-electron chi connectivity index (χ0n) is 26.1. The van der Waals surface area contributed by atoms with Crippen molar-refractivity contribution in [2.24, 2.45) is 0 Å². The van der Waals surface area contributed by atoms with E-state index < -0.39 is 12.1 Å². The van der Waals surface area contributed by atoms with Crippen LogP contribution in [-0.2, 0) is 16.0 Å². The number of ether oxygens (including phenoxy) is 2. The lowest BCUT2D eigenvalue weighted by Gasteiger charge is -2.32. The van der Waals surface area contributed by atoms with Crippen molar-refractivity contribution in [1.29, 1.82) is 0 Å². The third kappa shape index (κ3) is 9.26. The predicted octanol–water partition coefficient (Wildman–Crippen LogP) is 8.64. The number of carbonyl (C=O) groups is 1. The smallest absolute Gasteiger partial charge is 0.333 e. The Morgan fingerprint density at radius 3 is 1.91 bits per heavy atom. The zero-order valence-corrected chi connectivity index (χ0v) is 26.9. The molecule has 0 bridgehead atoms. The Labute approximate surface area is 267 Å². The maximum Gasteiger partial charge on any atom is 0.333 e. The highest BCUT2D eigenvalue weighted by atomic mass is 32.2. The van der Waals surface area contributed by atoms with Gasteiger partial charge in [0.2, 0.25) is 0 Å². The third-order valence-electron chi connectivity index (χ3n) is 8.79. The summed E-state index contributed by atoms with van der Waals surface area (Å²) in [7, 11) is 0. The number of rotatable bonds is 11. The first-order chi connectivity index (χ1) is 21.6. The van der Waals surface area contributed by atoms with Gasteiger partial charge >= 0.3 is 5.97 Å². The minimum atomic E-state index is -0.942. The van der Waals surface area contributed by atoms with Gasteiger partial charge in [-0.2, -0.15) is 0 Å². The summed E-state index contributed by atoms with van der Waals surface area (Å²) in [6.07, 6.45) is 14.1. The van der Waals surface area contributed by atoms with E-state index in [1.165, 1.54) is 85.4 Å². The summed E-state index contributed by atoms with van der Waals surface area (Å²) in [5.41, 5.74) is 3.30. The quantitative estimate of drug-likeness (QED) is 0.223. The molecular weight excluding hydrogens is 568 g/mol. The number of carboxylic acid groups (broad SMARTS) is 1. The van der Waals surface area contributed by atoms with Crippen LogP contribution in [0.5, 0.6) is 5.75 Å². The van der Waals surface area contributed by atoms with Crippen LogP contribution in [0, 0.1) is 0 Å². The summed E-state index contributed by atoms with van der Waals surface area (Å²) < 4.78 is 11.3. The van der Waals surface area contributed by atoms with Gasteiger partial charge in [0.1, 0.15) is 12.4 Å². The second-order valence-electron chi connectivity index (χ2n) is 12.0. The minimum absolute atomic E-state index is 0.336. The van der Waals surface area contributed by atoms with Gasteiger partial charge in [-0.3, -0.25) is 0 Å². The van der Waals surface area contributed by atoms with Crippen molar-refractivity contribution in [3.63, 3.8) is 0 Å². The summed E-state index contributed by atoms with van der Waals surface area (Å²) in [5, 5.41) is 13.1. The molecule has 0 spiro atoms. The number of fused-ring (bicyclic) bond motifs is 2. The molecule has 1 heterocycles. The molecule has 2 N–H and O–H groups in total. The van der Waals surface area contributed by atoms with Crippen molar-refractivity contribution >= 4 is 29.1 Å². The van der Waals surface area contributed by atoms with Crippen LogP contribution in [0.4, 0.5) is 11.4 Å². The van der Waals surface area contributed by atoms with Crippen LogP contribution in [0.2, 0.25) is 0 Å². The topological polar surface area (TPSA) is 71.0 Å².